The Kier molecular flexibility index (Phi) is 3.78. The topological polar surface area (TPSA) is 34.1 Å². The fraction of sp³-hybridized carbons (Fsp3) is 0. The average molecular weight is 272 g/mol. The monoisotopic (exact) mass is 270 g/mol. The quantitative estimate of drug-likeness (QED) is 0.768. The molecule has 6 heteroatoms. The van der Waals surface area contributed by atoms with Gasteiger partial charge in [0.05, 0.1) is 21.2 Å². The minimum Gasteiger partial charge on any atom is -0.276 e. The summed E-state index contributed by atoms with van der Waals surface area (Å²) in [5.41, 5.74) is 0.0833. The van der Waals surface area contributed by atoms with Crippen LogP contribution in [0.25, 0.3) is 0 Å². The lowest BCUT2D eigenvalue weighted by Crippen LogP contribution is -1.96. The van der Waals surface area contributed by atoms with E-state index >= 15 is 0 Å². The molecule has 0 saturated heterocycles. The first-order valence-corrected chi connectivity index (χ1v) is 4.83. The lowest BCUT2D eigenvalue weighted by Gasteiger charge is -2.02. The van der Waals surface area contributed by atoms with E-state index in [0.29, 0.717) is 0 Å². The highest BCUT2D eigenvalue weighted by molar-refractivity contribution is 6.70. The molecule has 1 aromatic rings. The first kappa shape index (κ1) is 11.8. The van der Waals surface area contributed by atoms with Crippen LogP contribution in [0.15, 0.2) is 12.1 Å². The Morgan fingerprint density at radius 3 is 1.36 bits per heavy atom. The van der Waals surface area contributed by atoms with E-state index < -0.39 is 10.5 Å². The molecule has 0 spiro atoms. The van der Waals surface area contributed by atoms with Crippen LogP contribution in [0.3, 0.4) is 0 Å². The van der Waals surface area contributed by atoms with E-state index in [9.17, 15) is 9.59 Å². The molecule has 0 amide bonds. The van der Waals surface area contributed by atoms with Crippen LogP contribution < -0.4 is 0 Å². The predicted molar refractivity (Wildman–Crippen MR) is 56.8 cm³/mol. The van der Waals surface area contributed by atoms with Gasteiger partial charge in [0.15, 0.2) is 0 Å². The van der Waals surface area contributed by atoms with Crippen molar-refractivity contribution in [1.29, 1.82) is 0 Å². The van der Waals surface area contributed by atoms with Crippen molar-refractivity contribution >= 4 is 56.9 Å². The van der Waals surface area contributed by atoms with E-state index in [2.05, 4.69) is 0 Å². The lowest BCUT2D eigenvalue weighted by atomic mass is 10.1. The Hall–Kier alpha value is -0.280. The van der Waals surface area contributed by atoms with E-state index in [0.717, 1.165) is 0 Å². The van der Waals surface area contributed by atoms with Gasteiger partial charge in [0.2, 0.25) is 0 Å². The number of carbonyl (C=O) groups excluding carboxylic acids is 2. The smallest absolute Gasteiger partial charge is 0.253 e. The highest BCUT2D eigenvalue weighted by atomic mass is 35.5. The van der Waals surface area contributed by atoms with E-state index in [1.807, 2.05) is 0 Å². The molecule has 0 heterocycles. The van der Waals surface area contributed by atoms with Crippen molar-refractivity contribution in [2.24, 2.45) is 0 Å². The SMILES string of the molecule is O=C(Cl)c1cc(Cl)c(C(=O)Cl)cc1Cl. The molecule has 1 aromatic carbocycles. The van der Waals surface area contributed by atoms with Crippen LogP contribution >= 0.6 is 46.4 Å². The van der Waals surface area contributed by atoms with Gasteiger partial charge in [-0.15, -0.1) is 0 Å². The molecule has 0 aromatic heterocycles. The number of hydrogen-bond acceptors (Lipinski definition) is 2. The summed E-state index contributed by atoms with van der Waals surface area (Å²) in [5, 5.41) is -1.41. The molecule has 2 nitrogen and oxygen atoms in total. The van der Waals surface area contributed by atoms with E-state index in [-0.39, 0.29) is 21.2 Å². The maximum Gasteiger partial charge on any atom is 0.253 e. The van der Waals surface area contributed by atoms with Crippen LogP contribution in [0.5, 0.6) is 0 Å². The van der Waals surface area contributed by atoms with Gasteiger partial charge in [0.25, 0.3) is 10.5 Å². The summed E-state index contributed by atoms with van der Waals surface area (Å²) < 4.78 is 0. The van der Waals surface area contributed by atoms with Crippen LogP contribution in [0, 0.1) is 0 Å². The third-order valence-electron chi connectivity index (χ3n) is 1.48. The predicted octanol–water partition coefficient (Wildman–Crippen LogP) is 3.75. The fourth-order valence-corrected chi connectivity index (χ4v) is 1.76. The van der Waals surface area contributed by atoms with Crippen molar-refractivity contribution in [3.63, 3.8) is 0 Å². The highest BCUT2D eigenvalue weighted by Crippen LogP contribution is 2.27. The van der Waals surface area contributed by atoms with Crippen molar-refractivity contribution in [2.45, 2.75) is 0 Å². The number of hydrogen-bond donors (Lipinski definition) is 0. The lowest BCUT2D eigenvalue weighted by molar-refractivity contribution is 0.107. The third kappa shape index (κ3) is 2.39. The molecule has 0 atom stereocenters. The van der Waals surface area contributed by atoms with Gasteiger partial charge in [-0.25, -0.2) is 0 Å². The number of rotatable bonds is 2. The van der Waals surface area contributed by atoms with Gasteiger partial charge >= 0.3 is 0 Å². The second-order valence-electron chi connectivity index (χ2n) is 2.36. The summed E-state index contributed by atoms with van der Waals surface area (Å²) in [6.07, 6.45) is 0. The van der Waals surface area contributed by atoms with Gasteiger partial charge in [-0.2, -0.15) is 0 Å². The van der Waals surface area contributed by atoms with Gasteiger partial charge in [-0.1, -0.05) is 23.2 Å². The maximum absolute atomic E-state index is 10.8. The van der Waals surface area contributed by atoms with Crippen LogP contribution in [0.4, 0.5) is 0 Å². The minimum absolute atomic E-state index is 0.0402. The van der Waals surface area contributed by atoms with Crippen molar-refractivity contribution < 1.29 is 9.59 Å². The van der Waals surface area contributed by atoms with Crippen molar-refractivity contribution in [1.82, 2.24) is 0 Å². The molecule has 0 radical (unpaired) electrons. The minimum atomic E-state index is -0.745. The zero-order valence-electron chi connectivity index (χ0n) is 6.48. The summed E-state index contributed by atoms with van der Waals surface area (Å²) in [5.74, 6) is 0. The molecule has 1 rings (SSSR count). The van der Waals surface area contributed by atoms with Crippen LogP contribution in [-0.2, 0) is 0 Å². The van der Waals surface area contributed by atoms with Crippen molar-refractivity contribution in [3.8, 4) is 0 Å². The normalized spacial score (nSPS) is 10.0. The molecule has 0 aliphatic carbocycles. The second-order valence-corrected chi connectivity index (χ2v) is 3.86. The first-order valence-electron chi connectivity index (χ1n) is 3.32. The Balaban J connectivity index is 3.38. The summed E-state index contributed by atoms with van der Waals surface area (Å²) in [6, 6.07) is 2.41. The Labute approximate surface area is 99.7 Å². The van der Waals surface area contributed by atoms with Gasteiger partial charge in [-0.05, 0) is 35.3 Å². The molecule has 14 heavy (non-hydrogen) atoms. The molecular weight excluding hydrogens is 270 g/mol. The Morgan fingerprint density at radius 1 is 0.857 bits per heavy atom. The molecule has 74 valence electrons. The standard InChI is InChI=1S/C8H2Cl4O2/c9-5-1-3(7(11)13)6(10)2-4(5)8(12)14/h1-2H. The zero-order chi connectivity index (χ0) is 10.9. The van der Waals surface area contributed by atoms with Crippen molar-refractivity contribution in [3.05, 3.63) is 33.3 Å². The Morgan fingerprint density at radius 2 is 1.14 bits per heavy atom. The highest BCUT2D eigenvalue weighted by Gasteiger charge is 2.15. The largest absolute Gasteiger partial charge is 0.276 e. The van der Waals surface area contributed by atoms with Gasteiger partial charge in [0, 0.05) is 0 Å². The molecular formula is C8H2Cl4O2. The van der Waals surface area contributed by atoms with E-state index in [1.54, 1.807) is 0 Å². The molecule has 0 saturated carbocycles. The summed E-state index contributed by atoms with van der Waals surface area (Å²) in [4.78, 5) is 21.6. The zero-order valence-corrected chi connectivity index (χ0v) is 9.51. The molecule has 0 unspecified atom stereocenters. The Bertz CT molecular complexity index is 374. The summed E-state index contributed by atoms with van der Waals surface area (Å²) >= 11 is 21.8. The third-order valence-corrected chi connectivity index (χ3v) is 2.51. The van der Waals surface area contributed by atoms with Crippen molar-refractivity contribution in [2.75, 3.05) is 0 Å². The van der Waals surface area contributed by atoms with Gasteiger partial charge in [-0.3, -0.25) is 9.59 Å². The number of halogens is 4. The van der Waals surface area contributed by atoms with E-state index in [1.165, 1.54) is 12.1 Å². The van der Waals surface area contributed by atoms with Crippen LogP contribution in [0.2, 0.25) is 10.0 Å². The van der Waals surface area contributed by atoms with Crippen LogP contribution in [-0.4, -0.2) is 10.5 Å². The molecule has 0 aliphatic heterocycles. The first-order chi connectivity index (χ1) is 6.43. The maximum atomic E-state index is 10.8. The molecule has 0 bridgehead atoms. The summed E-state index contributed by atoms with van der Waals surface area (Å²) in [7, 11) is 0. The summed E-state index contributed by atoms with van der Waals surface area (Å²) in [6.45, 7) is 0. The molecule has 0 aliphatic rings. The van der Waals surface area contributed by atoms with Gasteiger partial charge < -0.3 is 0 Å². The fourth-order valence-electron chi connectivity index (χ4n) is 0.848. The second kappa shape index (κ2) is 4.49. The molecule has 0 fully saturated rings. The van der Waals surface area contributed by atoms with Crippen LogP contribution in [0.1, 0.15) is 20.7 Å². The number of benzene rings is 1. The average Bonchev–Trinajstić information content (AvgIpc) is 2.07. The molecule has 0 N–H and O–H groups in total. The number of carbonyl (C=O) groups is 2. The van der Waals surface area contributed by atoms with Gasteiger partial charge in [0.1, 0.15) is 0 Å². The van der Waals surface area contributed by atoms with E-state index in [4.69, 9.17) is 46.4 Å².